The minimum atomic E-state index is 0.133. The van der Waals surface area contributed by atoms with Crippen LogP contribution in [0, 0.1) is 0 Å². The lowest BCUT2D eigenvalue weighted by molar-refractivity contribution is -0.128. The van der Waals surface area contributed by atoms with E-state index in [-0.39, 0.29) is 12.1 Å². The molecule has 0 radical (unpaired) electrons. The number of methoxy groups -OCH3 is 1. The lowest BCUT2D eigenvalue weighted by Crippen LogP contribution is -2.37. The molecule has 14 heavy (non-hydrogen) atoms. The fourth-order valence-electron chi connectivity index (χ4n) is 1.39. The van der Waals surface area contributed by atoms with Crippen LogP contribution in [0.15, 0.2) is 0 Å². The maximum atomic E-state index is 11.3. The molecule has 1 fully saturated rings. The third-order valence-corrected chi connectivity index (χ3v) is 2.24. The van der Waals surface area contributed by atoms with E-state index in [9.17, 15) is 4.79 Å². The number of nitrogens with zero attached hydrogens (tertiary/aromatic N) is 1. The minimum Gasteiger partial charge on any atom is -0.382 e. The van der Waals surface area contributed by atoms with Gasteiger partial charge in [-0.25, -0.2) is 0 Å². The molecule has 1 atom stereocenters. The van der Waals surface area contributed by atoms with Crippen molar-refractivity contribution in [2.75, 3.05) is 40.0 Å². The van der Waals surface area contributed by atoms with Gasteiger partial charge in [0, 0.05) is 13.7 Å². The number of carbonyl (C=O) groups is 1. The molecule has 1 unspecified atom stereocenters. The molecule has 0 aromatic heterocycles. The van der Waals surface area contributed by atoms with Crippen molar-refractivity contribution in [3.63, 3.8) is 0 Å². The SMILES string of the molecule is COCCOCCN1C(=O)CNC1C. The number of rotatable bonds is 6. The van der Waals surface area contributed by atoms with E-state index in [1.165, 1.54) is 0 Å². The van der Waals surface area contributed by atoms with Crippen LogP contribution in [0.2, 0.25) is 0 Å². The fraction of sp³-hybridized carbons (Fsp3) is 0.889. The molecule has 1 aliphatic rings. The fourth-order valence-corrected chi connectivity index (χ4v) is 1.39. The van der Waals surface area contributed by atoms with Crippen LogP contribution in [0.3, 0.4) is 0 Å². The van der Waals surface area contributed by atoms with Gasteiger partial charge in [-0.2, -0.15) is 0 Å². The Balaban J connectivity index is 2.08. The van der Waals surface area contributed by atoms with Gasteiger partial charge in [0.05, 0.1) is 32.5 Å². The smallest absolute Gasteiger partial charge is 0.237 e. The van der Waals surface area contributed by atoms with Crippen molar-refractivity contribution in [1.29, 1.82) is 0 Å². The Bertz CT molecular complexity index is 187. The van der Waals surface area contributed by atoms with Gasteiger partial charge in [-0.3, -0.25) is 10.1 Å². The van der Waals surface area contributed by atoms with Crippen molar-refractivity contribution in [2.24, 2.45) is 0 Å². The third kappa shape index (κ3) is 3.25. The van der Waals surface area contributed by atoms with Crippen LogP contribution in [-0.4, -0.2) is 57.0 Å². The van der Waals surface area contributed by atoms with Gasteiger partial charge in [0.2, 0.25) is 5.91 Å². The summed E-state index contributed by atoms with van der Waals surface area (Å²) in [6.45, 7) is 4.82. The number of carbonyl (C=O) groups excluding carboxylic acids is 1. The molecular weight excluding hydrogens is 184 g/mol. The van der Waals surface area contributed by atoms with E-state index < -0.39 is 0 Å². The Morgan fingerprint density at radius 3 is 2.86 bits per heavy atom. The highest BCUT2D eigenvalue weighted by Crippen LogP contribution is 2.02. The summed E-state index contributed by atoms with van der Waals surface area (Å²) in [4.78, 5) is 13.1. The first-order chi connectivity index (χ1) is 6.75. The molecule has 5 nitrogen and oxygen atoms in total. The largest absolute Gasteiger partial charge is 0.382 e. The number of nitrogens with one attached hydrogen (secondary N) is 1. The summed E-state index contributed by atoms with van der Waals surface area (Å²) in [7, 11) is 1.64. The molecule has 0 aromatic rings. The van der Waals surface area contributed by atoms with Crippen LogP contribution in [0.4, 0.5) is 0 Å². The van der Waals surface area contributed by atoms with E-state index >= 15 is 0 Å². The average molecular weight is 202 g/mol. The molecule has 1 amide bonds. The van der Waals surface area contributed by atoms with Gasteiger partial charge in [0.1, 0.15) is 0 Å². The molecular formula is C9H18N2O3. The summed E-state index contributed by atoms with van der Waals surface area (Å²) < 4.78 is 10.1. The molecule has 0 bridgehead atoms. The molecule has 1 aliphatic heterocycles. The summed E-state index contributed by atoms with van der Waals surface area (Å²) in [6, 6.07) is 0. The van der Waals surface area contributed by atoms with Gasteiger partial charge in [0.25, 0.3) is 0 Å². The number of hydrogen-bond donors (Lipinski definition) is 1. The number of amides is 1. The van der Waals surface area contributed by atoms with Gasteiger partial charge >= 0.3 is 0 Å². The maximum Gasteiger partial charge on any atom is 0.237 e. The van der Waals surface area contributed by atoms with Crippen LogP contribution >= 0.6 is 0 Å². The zero-order chi connectivity index (χ0) is 10.4. The predicted molar refractivity (Wildman–Crippen MR) is 51.9 cm³/mol. The van der Waals surface area contributed by atoms with Gasteiger partial charge in [0.15, 0.2) is 0 Å². The molecule has 5 heteroatoms. The molecule has 1 rings (SSSR count). The number of ether oxygens (including phenoxy) is 2. The van der Waals surface area contributed by atoms with E-state index in [2.05, 4.69) is 5.32 Å². The molecule has 1 N–H and O–H groups in total. The summed E-state index contributed by atoms with van der Waals surface area (Å²) in [5.74, 6) is 0.146. The Kier molecular flexibility index (Phi) is 4.86. The van der Waals surface area contributed by atoms with E-state index in [1.54, 1.807) is 12.0 Å². The van der Waals surface area contributed by atoms with Crippen LogP contribution in [0.5, 0.6) is 0 Å². The summed E-state index contributed by atoms with van der Waals surface area (Å²) >= 11 is 0. The second kappa shape index (κ2) is 5.95. The molecule has 0 saturated carbocycles. The van der Waals surface area contributed by atoms with Gasteiger partial charge < -0.3 is 14.4 Å². The average Bonchev–Trinajstić information content (AvgIpc) is 2.48. The van der Waals surface area contributed by atoms with Crippen LogP contribution in [-0.2, 0) is 14.3 Å². The molecule has 82 valence electrons. The van der Waals surface area contributed by atoms with Crippen LogP contribution in [0.25, 0.3) is 0 Å². The monoisotopic (exact) mass is 202 g/mol. The van der Waals surface area contributed by atoms with Crippen molar-refractivity contribution in [3.8, 4) is 0 Å². The van der Waals surface area contributed by atoms with Gasteiger partial charge in [-0.15, -0.1) is 0 Å². The van der Waals surface area contributed by atoms with E-state index in [4.69, 9.17) is 9.47 Å². The summed E-state index contributed by atoms with van der Waals surface area (Å²) in [5, 5.41) is 3.07. The summed E-state index contributed by atoms with van der Waals surface area (Å²) in [6.07, 6.45) is 0.133. The minimum absolute atomic E-state index is 0.133. The zero-order valence-electron chi connectivity index (χ0n) is 8.78. The first-order valence-corrected chi connectivity index (χ1v) is 4.85. The van der Waals surface area contributed by atoms with E-state index in [0.717, 1.165) is 0 Å². The highest BCUT2D eigenvalue weighted by Gasteiger charge is 2.25. The highest BCUT2D eigenvalue weighted by molar-refractivity contribution is 5.80. The molecule has 1 heterocycles. The normalized spacial score (nSPS) is 22.0. The van der Waals surface area contributed by atoms with E-state index in [1.807, 2.05) is 6.92 Å². The Morgan fingerprint density at radius 2 is 2.29 bits per heavy atom. The molecule has 0 aliphatic carbocycles. The Labute approximate surface area is 84.4 Å². The molecule has 0 aromatic carbocycles. The highest BCUT2D eigenvalue weighted by atomic mass is 16.5. The summed E-state index contributed by atoms with van der Waals surface area (Å²) in [5.41, 5.74) is 0. The van der Waals surface area contributed by atoms with Crippen molar-refractivity contribution >= 4 is 5.91 Å². The standard InChI is InChI=1S/C9H18N2O3/c1-8-10-7-9(12)11(8)3-4-14-6-5-13-2/h8,10H,3-7H2,1-2H3. The zero-order valence-corrected chi connectivity index (χ0v) is 8.78. The maximum absolute atomic E-state index is 11.3. The lowest BCUT2D eigenvalue weighted by Gasteiger charge is -2.20. The van der Waals surface area contributed by atoms with Crippen molar-refractivity contribution in [3.05, 3.63) is 0 Å². The predicted octanol–water partition coefficient (Wildman–Crippen LogP) is -0.573. The topological polar surface area (TPSA) is 50.8 Å². The first kappa shape index (κ1) is 11.4. The van der Waals surface area contributed by atoms with Crippen molar-refractivity contribution in [2.45, 2.75) is 13.1 Å². The third-order valence-electron chi connectivity index (χ3n) is 2.24. The second-order valence-corrected chi connectivity index (χ2v) is 3.25. The van der Waals surface area contributed by atoms with Gasteiger partial charge in [-0.1, -0.05) is 0 Å². The Morgan fingerprint density at radius 1 is 1.50 bits per heavy atom. The molecule has 1 saturated heterocycles. The van der Waals surface area contributed by atoms with E-state index in [0.29, 0.717) is 32.9 Å². The van der Waals surface area contributed by atoms with Crippen molar-refractivity contribution < 1.29 is 14.3 Å². The first-order valence-electron chi connectivity index (χ1n) is 4.85. The second-order valence-electron chi connectivity index (χ2n) is 3.25. The van der Waals surface area contributed by atoms with Crippen molar-refractivity contribution in [1.82, 2.24) is 10.2 Å². The van der Waals surface area contributed by atoms with Crippen LogP contribution < -0.4 is 5.32 Å². The van der Waals surface area contributed by atoms with Crippen LogP contribution in [0.1, 0.15) is 6.92 Å². The quantitative estimate of drug-likeness (QED) is 0.586. The number of hydrogen-bond acceptors (Lipinski definition) is 4. The molecule has 0 spiro atoms. The lowest BCUT2D eigenvalue weighted by atomic mass is 10.4. The Hall–Kier alpha value is -0.650. The van der Waals surface area contributed by atoms with Gasteiger partial charge in [-0.05, 0) is 6.92 Å².